The maximum Gasteiger partial charge on any atom is 0.341 e. The number of thiophene rings is 1. The molecule has 0 aliphatic carbocycles. The van der Waals surface area contributed by atoms with Gasteiger partial charge in [-0.3, -0.25) is 14.6 Å². The molecule has 1 aromatic carbocycles. The first-order valence-corrected chi connectivity index (χ1v) is 12.7. The minimum Gasteiger partial charge on any atom is -0.462 e. The Morgan fingerprint density at radius 3 is 2.60 bits per heavy atom. The minimum atomic E-state index is -0.404. The Morgan fingerprint density at radius 1 is 1.14 bits per heavy atom. The van der Waals surface area contributed by atoms with Crippen LogP contribution in [0.4, 0.5) is 5.00 Å². The molecule has 1 N–H and O–H groups in total. The van der Waals surface area contributed by atoms with Gasteiger partial charge in [0, 0.05) is 36.6 Å². The van der Waals surface area contributed by atoms with Crippen molar-refractivity contribution in [1.29, 1.82) is 0 Å². The lowest BCUT2D eigenvalue weighted by molar-refractivity contribution is -0.117. The van der Waals surface area contributed by atoms with E-state index in [1.807, 2.05) is 38.1 Å². The monoisotopic (exact) mass is 497 g/mol. The van der Waals surface area contributed by atoms with Gasteiger partial charge >= 0.3 is 5.97 Å². The molecule has 0 saturated carbocycles. The number of aryl methyl sites for hydroxylation is 2. The molecule has 1 aliphatic heterocycles. The number of rotatable bonds is 9. The van der Waals surface area contributed by atoms with E-state index >= 15 is 0 Å². The molecule has 1 aliphatic rings. The SMILES string of the molecule is CCOC(=O)c1cc(CC)sc1NC(=O)CN1CCN(Cc2nc(-c3ccccc3C)no2)CC1. The molecule has 2 aromatic heterocycles. The van der Waals surface area contributed by atoms with Crippen LogP contribution >= 0.6 is 11.3 Å². The summed E-state index contributed by atoms with van der Waals surface area (Å²) in [5, 5.41) is 7.61. The number of nitrogens with one attached hydrogen (secondary N) is 1. The molecule has 10 heteroatoms. The summed E-state index contributed by atoms with van der Waals surface area (Å²) >= 11 is 1.42. The Labute approximate surface area is 209 Å². The topological polar surface area (TPSA) is 101 Å². The smallest absolute Gasteiger partial charge is 0.341 e. The maximum atomic E-state index is 12.7. The zero-order chi connectivity index (χ0) is 24.8. The van der Waals surface area contributed by atoms with Crippen LogP contribution in [-0.2, 0) is 22.5 Å². The quantitative estimate of drug-likeness (QED) is 0.448. The number of aromatic nitrogens is 2. The van der Waals surface area contributed by atoms with Crippen molar-refractivity contribution in [3.8, 4) is 11.4 Å². The standard InChI is InChI=1S/C25H31N5O4S/c1-4-18-14-20(25(32)33-5-2)24(35-18)26-21(31)15-29-10-12-30(13-11-29)16-22-27-23(28-34-22)19-9-7-6-8-17(19)3/h6-9,14H,4-5,10-13,15-16H2,1-3H3,(H,26,31). The van der Waals surface area contributed by atoms with Gasteiger partial charge in [0.25, 0.3) is 0 Å². The molecule has 0 bridgehead atoms. The first-order chi connectivity index (χ1) is 17.0. The summed E-state index contributed by atoms with van der Waals surface area (Å²) in [5.41, 5.74) is 2.51. The van der Waals surface area contributed by atoms with Crippen molar-refractivity contribution in [3.05, 3.63) is 52.2 Å². The van der Waals surface area contributed by atoms with Crippen LogP contribution in [0.5, 0.6) is 0 Å². The van der Waals surface area contributed by atoms with Crippen molar-refractivity contribution in [3.63, 3.8) is 0 Å². The number of benzene rings is 1. The number of esters is 1. The molecule has 0 radical (unpaired) electrons. The van der Waals surface area contributed by atoms with Crippen molar-refractivity contribution >= 4 is 28.2 Å². The van der Waals surface area contributed by atoms with Gasteiger partial charge in [-0.05, 0) is 31.9 Å². The Balaban J connectivity index is 1.27. The first-order valence-electron chi connectivity index (χ1n) is 11.9. The van der Waals surface area contributed by atoms with E-state index in [1.54, 1.807) is 13.0 Å². The van der Waals surface area contributed by atoms with Gasteiger partial charge in [0.15, 0.2) is 0 Å². The first kappa shape index (κ1) is 25.0. The molecule has 186 valence electrons. The average Bonchev–Trinajstić information content (AvgIpc) is 3.48. The largest absolute Gasteiger partial charge is 0.462 e. The van der Waals surface area contributed by atoms with Gasteiger partial charge in [-0.2, -0.15) is 4.98 Å². The van der Waals surface area contributed by atoms with E-state index in [0.29, 0.717) is 35.4 Å². The maximum absolute atomic E-state index is 12.7. The summed E-state index contributed by atoms with van der Waals surface area (Å²) in [6.07, 6.45) is 0.793. The van der Waals surface area contributed by atoms with E-state index in [1.165, 1.54) is 11.3 Å². The Bertz CT molecular complexity index is 1170. The summed E-state index contributed by atoms with van der Waals surface area (Å²) in [6, 6.07) is 9.77. The molecule has 0 atom stereocenters. The predicted octanol–water partition coefficient (Wildman–Crippen LogP) is 3.60. The molecule has 3 heterocycles. The third-order valence-corrected chi connectivity index (χ3v) is 7.12. The normalized spacial score (nSPS) is 14.7. The van der Waals surface area contributed by atoms with Crippen molar-refractivity contribution in [1.82, 2.24) is 19.9 Å². The second-order valence-corrected chi connectivity index (χ2v) is 9.59. The summed E-state index contributed by atoms with van der Waals surface area (Å²) in [4.78, 5) is 34.9. The van der Waals surface area contributed by atoms with Crippen molar-refractivity contribution in [2.75, 3.05) is 44.6 Å². The van der Waals surface area contributed by atoms with Crippen LogP contribution in [0.25, 0.3) is 11.4 Å². The number of nitrogens with zero attached hydrogens (tertiary/aromatic N) is 4. The highest BCUT2D eigenvalue weighted by molar-refractivity contribution is 7.16. The molecule has 4 rings (SSSR count). The summed E-state index contributed by atoms with van der Waals surface area (Å²) in [6.45, 7) is 10.1. The van der Waals surface area contributed by atoms with Gasteiger partial charge in [-0.25, -0.2) is 4.79 Å². The van der Waals surface area contributed by atoms with Crippen LogP contribution in [0.2, 0.25) is 0 Å². The summed E-state index contributed by atoms with van der Waals surface area (Å²) in [7, 11) is 0. The van der Waals surface area contributed by atoms with Crippen molar-refractivity contribution in [2.24, 2.45) is 0 Å². The molecule has 0 spiro atoms. The van der Waals surface area contributed by atoms with Crippen LogP contribution < -0.4 is 5.32 Å². The fourth-order valence-electron chi connectivity index (χ4n) is 3.99. The fraction of sp³-hybridized carbons (Fsp3) is 0.440. The molecular weight excluding hydrogens is 466 g/mol. The Hall–Kier alpha value is -3.08. The van der Waals surface area contributed by atoms with Gasteiger partial charge in [0.1, 0.15) is 5.00 Å². The second-order valence-electron chi connectivity index (χ2n) is 8.46. The molecule has 35 heavy (non-hydrogen) atoms. The average molecular weight is 498 g/mol. The molecule has 1 fully saturated rings. The highest BCUT2D eigenvalue weighted by Gasteiger charge is 2.23. The summed E-state index contributed by atoms with van der Waals surface area (Å²) in [5.74, 6) is 0.660. The molecule has 1 amide bonds. The highest BCUT2D eigenvalue weighted by atomic mass is 32.1. The number of piperazine rings is 1. The van der Waals surface area contributed by atoms with Crippen molar-refractivity contribution in [2.45, 2.75) is 33.7 Å². The zero-order valence-corrected chi connectivity index (χ0v) is 21.2. The number of ether oxygens (including phenoxy) is 1. The van der Waals surface area contributed by atoms with Crippen LogP contribution in [0.1, 0.15) is 40.5 Å². The summed E-state index contributed by atoms with van der Waals surface area (Å²) < 4.78 is 10.6. The fourth-order valence-corrected chi connectivity index (χ4v) is 4.99. The zero-order valence-electron chi connectivity index (χ0n) is 20.4. The van der Waals surface area contributed by atoms with Gasteiger partial charge in [-0.1, -0.05) is 36.3 Å². The van der Waals surface area contributed by atoms with E-state index in [0.717, 1.165) is 48.6 Å². The van der Waals surface area contributed by atoms with Gasteiger partial charge in [0.05, 0.1) is 25.3 Å². The number of hydrogen-bond acceptors (Lipinski definition) is 9. The number of hydrogen-bond donors (Lipinski definition) is 1. The second kappa shape index (κ2) is 11.6. The van der Waals surface area contributed by atoms with E-state index < -0.39 is 5.97 Å². The number of amides is 1. The van der Waals surface area contributed by atoms with E-state index in [2.05, 4.69) is 25.3 Å². The Morgan fingerprint density at radius 2 is 1.89 bits per heavy atom. The van der Waals surface area contributed by atoms with E-state index in [4.69, 9.17) is 9.26 Å². The molecule has 1 saturated heterocycles. The predicted molar refractivity (Wildman–Crippen MR) is 134 cm³/mol. The van der Waals surface area contributed by atoms with E-state index in [-0.39, 0.29) is 12.5 Å². The van der Waals surface area contributed by atoms with Crippen LogP contribution in [-0.4, -0.2) is 71.1 Å². The van der Waals surface area contributed by atoms with Crippen molar-refractivity contribution < 1.29 is 18.8 Å². The highest BCUT2D eigenvalue weighted by Crippen LogP contribution is 2.29. The molecule has 9 nitrogen and oxygen atoms in total. The lowest BCUT2D eigenvalue weighted by atomic mass is 10.1. The lowest BCUT2D eigenvalue weighted by Crippen LogP contribution is -2.48. The number of carbonyl (C=O) groups is 2. The Kier molecular flexibility index (Phi) is 8.27. The van der Waals surface area contributed by atoms with E-state index in [9.17, 15) is 9.59 Å². The molecule has 3 aromatic rings. The van der Waals surface area contributed by atoms with Crippen LogP contribution in [0.3, 0.4) is 0 Å². The number of anilines is 1. The molecular formula is C25H31N5O4S. The van der Waals surface area contributed by atoms with Gasteiger partial charge in [0.2, 0.25) is 17.6 Å². The lowest BCUT2D eigenvalue weighted by Gasteiger charge is -2.33. The molecule has 0 unspecified atom stereocenters. The van der Waals surface area contributed by atoms with Gasteiger partial charge < -0.3 is 14.6 Å². The number of carbonyl (C=O) groups excluding carboxylic acids is 2. The third kappa shape index (κ3) is 6.33. The third-order valence-electron chi connectivity index (χ3n) is 5.92. The minimum absolute atomic E-state index is 0.131. The van der Waals surface area contributed by atoms with Crippen LogP contribution in [0, 0.1) is 6.92 Å². The van der Waals surface area contributed by atoms with Gasteiger partial charge in [-0.15, -0.1) is 11.3 Å². The van der Waals surface area contributed by atoms with Crippen LogP contribution in [0.15, 0.2) is 34.9 Å².